The number of ether oxygens (including phenoxy) is 1. The summed E-state index contributed by atoms with van der Waals surface area (Å²) in [4.78, 5) is 0. The van der Waals surface area contributed by atoms with Crippen molar-refractivity contribution in [3.8, 4) is 5.75 Å². The van der Waals surface area contributed by atoms with Crippen molar-refractivity contribution in [3.05, 3.63) is 11.9 Å². The smallest absolute Gasteiger partial charge is 0.162 e. The lowest BCUT2D eigenvalue weighted by molar-refractivity contribution is 0.158. The van der Waals surface area contributed by atoms with Gasteiger partial charge in [-0.05, 0) is 19.4 Å². The lowest BCUT2D eigenvalue weighted by Crippen LogP contribution is -2.26. The van der Waals surface area contributed by atoms with E-state index in [1.165, 1.54) is 0 Å². The highest BCUT2D eigenvalue weighted by molar-refractivity contribution is 5.27. The Balaban J connectivity index is 2.66. The number of nitrogens with one attached hydrogen (secondary N) is 1. The van der Waals surface area contributed by atoms with Crippen LogP contribution in [0.3, 0.4) is 0 Å². The van der Waals surface area contributed by atoms with Gasteiger partial charge in [0, 0.05) is 13.1 Å². The van der Waals surface area contributed by atoms with E-state index >= 15 is 0 Å². The normalized spacial score (nSPS) is 13.1. The van der Waals surface area contributed by atoms with E-state index in [0.29, 0.717) is 18.2 Å². The van der Waals surface area contributed by atoms with Crippen molar-refractivity contribution in [2.75, 3.05) is 20.2 Å². The molecule has 0 spiro atoms. The Morgan fingerprint density at radius 1 is 1.47 bits per heavy atom. The quantitative estimate of drug-likeness (QED) is 0.753. The molecule has 98 valence electrons. The summed E-state index contributed by atoms with van der Waals surface area (Å²) in [6, 6.07) is 0. The highest BCUT2D eigenvalue weighted by Gasteiger charge is 2.18. The number of hydrogen-bond acceptors (Lipinski definition) is 4. The highest BCUT2D eigenvalue weighted by atomic mass is 16.5. The number of hydrogen-bond donors (Lipinski definition) is 2. The Morgan fingerprint density at radius 3 is 2.71 bits per heavy atom. The van der Waals surface area contributed by atoms with Gasteiger partial charge in [-0.1, -0.05) is 13.8 Å². The zero-order chi connectivity index (χ0) is 12.8. The summed E-state index contributed by atoms with van der Waals surface area (Å²) in [5.74, 6) is 1.21. The molecule has 1 rings (SSSR count). The monoisotopic (exact) mass is 241 g/mol. The largest absolute Gasteiger partial charge is 0.493 e. The predicted octanol–water partition coefficient (Wildman–Crippen LogP) is 1.19. The van der Waals surface area contributed by atoms with Crippen LogP contribution in [0.25, 0.3) is 0 Å². The van der Waals surface area contributed by atoms with E-state index in [9.17, 15) is 5.11 Å². The molecule has 0 saturated heterocycles. The summed E-state index contributed by atoms with van der Waals surface area (Å²) < 4.78 is 6.97. The number of aromatic nitrogens is 2. The van der Waals surface area contributed by atoms with E-state index in [-0.39, 0.29) is 0 Å². The summed E-state index contributed by atoms with van der Waals surface area (Å²) in [7, 11) is 1.59. The van der Waals surface area contributed by atoms with Crippen LogP contribution in [0.5, 0.6) is 5.75 Å². The van der Waals surface area contributed by atoms with Crippen molar-refractivity contribution in [1.82, 2.24) is 15.1 Å². The van der Waals surface area contributed by atoms with Crippen LogP contribution in [-0.4, -0.2) is 35.1 Å². The number of aliphatic hydroxyl groups excluding tert-OH is 1. The van der Waals surface area contributed by atoms with Gasteiger partial charge in [0.15, 0.2) is 5.75 Å². The number of nitrogens with zero attached hydrogens (tertiary/aromatic N) is 2. The lowest BCUT2D eigenvalue weighted by atomic mass is 10.2. The van der Waals surface area contributed by atoms with Crippen LogP contribution >= 0.6 is 0 Å². The van der Waals surface area contributed by atoms with E-state index in [1.54, 1.807) is 18.0 Å². The minimum absolute atomic E-state index is 0.514. The molecule has 0 aliphatic heterocycles. The minimum Gasteiger partial charge on any atom is -0.493 e. The van der Waals surface area contributed by atoms with Gasteiger partial charge < -0.3 is 15.2 Å². The zero-order valence-electron chi connectivity index (χ0n) is 11.1. The Bertz CT molecular complexity index is 315. The molecule has 0 radical (unpaired) electrons. The molecule has 0 aliphatic carbocycles. The third-order valence-electron chi connectivity index (χ3n) is 2.57. The molecule has 5 heteroatoms. The van der Waals surface area contributed by atoms with Gasteiger partial charge in [0.1, 0.15) is 11.8 Å². The van der Waals surface area contributed by atoms with E-state index in [0.717, 1.165) is 18.8 Å². The predicted molar refractivity (Wildman–Crippen MR) is 67.1 cm³/mol. The third-order valence-corrected chi connectivity index (χ3v) is 2.57. The van der Waals surface area contributed by atoms with E-state index in [1.807, 2.05) is 6.92 Å². The second-order valence-corrected chi connectivity index (χ2v) is 4.48. The number of aryl methyl sites for hydroxylation is 1. The van der Waals surface area contributed by atoms with Crippen LogP contribution in [0, 0.1) is 5.92 Å². The molecule has 0 saturated carbocycles. The molecule has 17 heavy (non-hydrogen) atoms. The fraction of sp³-hybridized carbons (Fsp3) is 0.750. The SMILES string of the molecule is CCn1ncc(OC)c1C(O)CNCC(C)C. The first-order valence-electron chi connectivity index (χ1n) is 6.08. The Kier molecular flexibility index (Phi) is 5.44. The number of rotatable bonds is 7. The molecular formula is C12H23N3O2. The topological polar surface area (TPSA) is 59.3 Å². The summed E-state index contributed by atoms with van der Waals surface area (Å²) >= 11 is 0. The summed E-state index contributed by atoms with van der Waals surface area (Å²) in [6.45, 7) is 8.39. The van der Waals surface area contributed by atoms with Crippen molar-refractivity contribution in [2.45, 2.75) is 33.4 Å². The van der Waals surface area contributed by atoms with Crippen LogP contribution < -0.4 is 10.1 Å². The van der Waals surface area contributed by atoms with Crippen molar-refractivity contribution in [3.63, 3.8) is 0 Å². The maximum atomic E-state index is 10.1. The van der Waals surface area contributed by atoms with E-state index in [4.69, 9.17) is 4.74 Å². The van der Waals surface area contributed by atoms with Gasteiger partial charge in [-0.3, -0.25) is 4.68 Å². The fourth-order valence-electron chi connectivity index (χ4n) is 1.73. The molecule has 0 amide bonds. The first-order valence-corrected chi connectivity index (χ1v) is 6.08. The molecule has 0 bridgehead atoms. The fourth-order valence-corrected chi connectivity index (χ4v) is 1.73. The molecule has 2 N–H and O–H groups in total. The maximum absolute atomic E-state index is 10.1. The molecule has 1 unspecified atom stereocenters. The molecule has 0 aliphatic rings. The Labute approximate surface area is 103 Å². The maximum Gasteiger partial charge on any atom is 0.162 e. The van der Waals surface area contributed by atoms with Gasteiger partial charge in [-0.15, -0.1) is 0 Å². The van der Waals surface area contributed by atoms with Gasteiger partial charge in [-0.25, -0.2) is 0 Å². The first-order chi connectivity index (χ1) is 8.10. The molecule has 1 aromatic heterocycles. The van der Waals surface area contributed by atoms with Gasteiger partial charge >= 0.3 is 0 Å². The summed E-state index contributed by atoms with van der Waals surface area (Å²) in [5.41, 5.74) is 0.742. The number of methoxy groups -OCH3 is 1. The van der Waals surface area contributed by atoms with Gasteiger partial charge in [0.2, 0.25) is 0 Å². The zero-order valence-corrected chi connectivity index (χ0v) is 11.1. The van der Waals surface area contributed by atoms with Crippen LogP contribution in [-0.2, 0) is 6.54 Å². The molecule has 5 nitrogen and oxygen atoms in total. The van der Waals surface area contributed by atoms with E-state index < -0.39 is 6.10 Å². The van der Waals surface area contributed by atoms with Crippen LogP contribution in [0.1, 0.15) is 32.6 Å². The molecular weight excluding hydrogens is 218 g/mol. The second-order valence-electron chi connectivity index (χ2n) is 4.48. The van der Waals surface area contributed by atoms with Gasteiger partial charge in [0.05, 0.1) is 13.3 Å². The highest BCUT2D eigenvalue weighted by Crippen LogP contribution is 2.24. The van der Waals surface area contributed by atoms with Crippen LogP contribution in [0.4, 0.5) is 0 Å². The molecule has 1 heterocycles. The van der Waals surface area contributed by atoms with Crippen molar-refractivity contribution in [2.24, 2.45) is 5.92 Å². The van der Waals surface area contributed by atoms with Gasteiger partial charge in [-0.2, -0.15) is 5.10 Å². The van der Waals surface area contributed by atoms with E-state index in [2.05, 4.69) is 24.3 Å². The van der Waals surface area contributed by atoms with Crippen molar-refractivity contribution >= 4 is 0 Å². The Morgan fingerprint density at radius 2 is 2.18 bits per heavy atom. The van der Waals surface area contributed by atoms with Crippen LogP contribution in [0.2, 0.25) is 0 Å². The molecule has 0 fully saturated rings. The first kappa shape index (κ1) is 14.0. The minimum atomic E-state index is -0.592. The number of aliphatic hydroxyl groups is 1. The average molecular weight is 241 g/mol. The molecule has 1 aromatic rings. The standard InChI is InChI=1S/C12H23N3O2/c1-5-15-12(11(17-4)8-14-15)10(16)7-13-6-9(2)3/h8-10,13,16H,5-7H2,1-4H3. The lowest BCUT2D eigenvalue weighted by Gasteiger charge is -2.15. The molecule has 0 aromatic carbocycles. The second kappa shape index (κ2) is 6.61. The van der Waals surface area contributed by atoms with Crippen molar-refractivity contribution < 1.29 is 9.84 Å². The van der Waals surface area contributed by atoms with Gasteiger partial charge in [0.25, 0.3) is 0 Å². The third kappa shape index (κ3) is 3.71. The Hall–Kier alpha value is -1.07. The molecule has 1 atom stereocenters. The summed E-state index contributed by atoms with van der Waals surface area (Å²) in [6.07, 6.45) is 1.05. The van der Waals surface area contributed by atoms with Crippen LogP contribution in [0.15, 0.2) is 6.20 Å². The summed E-state index contributed by atoms with van der Waals surface area (Å²) in [5, 5.41) is 17.5. The van der Waals surface area contributed by atoms with Crippen molar-refractivity contribution in [1.29, 1.82) is 0 Å². The average Bonchev–Trinajstić information content (AvgIpc) is 2.70.